The van der Waals surface area contributed by atoms with Gasteiger partial charge in [-0.3, -0.25) is 4.79 Å². The molecule has 0 saturated carbocycles. The van der Waals surface area contributed by atoms with Gasteiger partial charge >= 0.3 is 5.97 Å². The zero-order valence-corrected chi connectivity index (χ0v) is 12.1. The van der Waals surface area contributed by atoms with Crippen molar-refractivity contribution in [1.82, 2.24) is 5.32 Å². The second kappa shape index (κ2) is 6.76. The van der Waals surface area contributed by atoms with Crippen LogP contribution in [0, 0.1) is 6.92 Å². The monoisotopic (exact) mass is 294 g/mol. The van der Waals surface area contributed by atoms with Crippen LogP contribution in [0.1, 0.15) is 22.3 Å². The van der Waals surface area contributed by atoms with Gasteiger partial charge in [-0.1, -0.05) is 6.07 Å². The average molecular weight is 294 g/mol. The number of carboxylic acid groups (broad SMARTS) is 1. The molecule has 1 fully saturated rings. The summed E-state index contributed by atoms with van der Waals surface area (Å²) in [5.41, 5.74) is 1.37. The minimum absolute atomic E-state index is 0.0874. The van der Waals surface area contributed by atoms with Gasteiger partial charge in [-0.2, -0.15) is 11.8 Å². The molecule has 5 nitrogen and oxygen atoms in total. The third kappa shape index (κ3) is 3.74. The molecule has 1 aromatic carbocycles. The normalized spacial score (nSPS) is 18.6. The molecule has 1 aliphatic heterocycles. The van der Waals surface area contributed by atoms with E-state index >= 15 is 0 Å². The van der Waals surface area contributed by atoms with Crippen LogP contribution in [-0.4, -0.2) is 41.1 Å². The zero-order valence-electron chi connectivity index (χ0n) is 11.3. The molecule has 6 heteroatoms. The molecule has 0 aromatic heterocycles. The molecule has 1 amide bonds. The van der Waals surface area contributed by atoms with E-state index in [9.17, 15) is 9.59 Å². The Labute approximate surface area is 122 Å². The molecule has 20 heavy (non-hydrogen) atoms. The fraction of sp³-hybridized carbons (Fsp3) is 0.429. The molecule has 1 aliphatic rings. The number of aromatic carboxylic acids is 1. The van der Waals surface area contributed by atoms with Gasteiger partial charge in [-0.15, -0.1) is 0 Å². The smallest absolute Gasteiger partial charge is 0.336 e. The Morgan fingerprint density at radius 3 is 2.95 bits per heavy atom. The van der Waals surface area contributed by atoms with Crippen molar-refractivity contribution >= 4 is 29.3 Å². The summed E-state index contributed by atoms with van der Waals surface area (Å²) in [5.74, 6) is 0.944. The van der Waals surface area contributed by atoms with Gasteiger partial charge in [0, 0.05) is 36.2 Å². The number of benzene rings is 1. The number of carboxylic acids is 1. The molecule has 1 atom stereocenters. The maximum atomic E-state index is 12.0. The number of thioether (sulfide) groups is 1. The van der Waals surface area contributed by atoms with Crippen LogP contribution in [0.15, 0.2) is 18.2 Å². The van der Waals surface area contributed by atoms with Crippen LogP contribution in [0.3, 0.4) is 0 Å². The van der Waals surface area contributed by atoms with E-state index < -0.39 is 5.97 Å². The summed E-state index contributed by atoms with van der Waals surface area (Å²) >= 11 is 1.84. The van der Waals surface area contributed by atoms with Gasteiger partial charge in [-0.25, -0.2) is 4.79 Å². The Morgan fingerprint density at radius 1 is 1.50 bits per heavy atom. The van der Waals surface area contributed by atoms with E-state index in [1.807, 2.05) is 11.8 Å². The molecular formula is C14H18N2O3S. The molecule has 3 N–H and O–H groups in total. The maximum absolute atomic E-state index is 12.0. The van der Waals surface area contributed by atoms with Gasteiger partial charge in [0.05, 0.1) is 5.56 Å². The maximum Gasteiger partial charge on any atom is 0.336 e. The first-order valence-corrected chi connectivity index (χ1v) is 7.67. The second-order valence-corrected chi connectivity index (χ2v) is 5.91. The lowest BCUT2D eigenvalue weighted by Gasteiger charge is -2.22. The van der Waals surface area contributed by atoms with E-state index in [2.05, 4.69) is 10.6 Å². The van der Waals surface area contributed by atoms with E-state index in [0.29, 0.717) is 17.7 Å². The van der Waals surface area contributed by atoms with Crippen LogP contribution >= 0.6 is 11.8 Å². The highest BCUT2D eigenvalue weighted by atomic mass is 32.2. The summed E-state index contributed by atoms with van der Waals surface area (Å²) in [5, 5.41) is 15.2. The highest BCUT2D eigenvalue weighted by Gasteiger charge is 2.18. The Balaban J connectivity index is 2.00. The Bertz CT molecular complexity index is 513. The predicted molar refractivity (Wildman–Crippen MR) is 80.5 cm³/mol. The van der Waals surface area contributed by atoms with E-state index in [-0.39, 0.29) is 17.5 Å². The molecule has 0 spiro atoms. The van der Waals surface area contributed by atoms with Gasteiger partial charge in [0.25, 0.3) is 0 Å². The molecule has 1 aromatic rings. The lowest BCUT2D eigenvalue weighted by molar-refractivity contribution is -0.116. The quantitative estimate of drug-likeness (QED) is 0.788. The van der Waals surface area contributed by atoms with Crippen LogP contribution < -0.4 is 10.6 Å². The highest BCUT2D eigenvalue weighted by Crippen LogP contribution is 2.19. The minimum atomic E-state index is -0.982. The van der Waals surface area contributed by atoms with Gasteiger partial charge in [0.15, 0.2) is 0 Å². The number of anilines is 1. The Kier molecular flexibility index (Phi) is 5.03. The lowest BCUT2D eigenvalue weighted by atomic mass is 10.1. The van der Waals surface area contributed by atoms with Crippen LogP contribution in [0.5, 0.6) is 0 Å². The number of rotatable bonds is 4. The first-order valence-electron chi connectivity index (χ1n) is 6.52. The van der Waals surface area contributed by atoms with Crippen LogP contribution in [-0.2, 0) is 4.79 Å². The van der Waals surface area contributed by atoms with Crippen molar-refractivity contribution in [3.63, 3.8) is 0 Å². The molecule has 1 heterocycles. The number of carbonyl (C=O) groups excluding carboxylic acids is 1. The molecule has 0 aliphatic carbocycles. The molecule has 1 unspecified atom stereocenters. The molecule has 1 saturated heterocycles. The van der Waals surface area contributed by atoms with Gasteiger partial charge in [0.1, 0.15) is 0 Å². The summed E-state index contributed by atoms with van der Waals surface area (Å²) in [7, 11) is 0. The molecular weight excluding hydrogens is 276 g/mol. The third-order valence-corrected chi connectivity index (χ3v) is 4.40. The van der Waals surface area contributed by atoms with E-state index in [4.69, 9.17) is 5.11 Å². The molecule has 108 valence electrons. The lowest BCUT2D eigenvalue weighted by Crippen LogP contribution is -2.39. The zero-order chi connectivity index (χ0) is 14.5. The summed E-state index contributed by atoms with van der Waals surface area (Å²) in [6.45, 7) is 2.63. The number of nitrogens with one attached hydrogen (secondary N) is 2. The van der Waals surface area contributed by atoms with E-state index in [0.717, 1.165) is 18.1 Å². The van der Waals surface area contributed by atoms with E-state index in [1.165, 1.54) is 6.07 Å². The molecule has 0 radical (unpaired) electrons. The minimum Gasteiger partial charge on any atom is -0.478 e. The second-order valence-electron chi connectivity index (χ2n) is 4.76. The predicted octanol–water partition coefficient (Wildman–Crippen LogP) is 1.73. The number of amides is 1. The summed E-state index contributed by atoms with van der Waals surface area (Å²) in [6.07, 6.45) is 0.406. The van der Waals surface area contributed by atoms with Gasteiger partial charge in [-0.05, 0) is 24.6 Å². The first-order chi connectivity index (χ1) is 9.58. The molecule has 0 bridgehead atoms. The number of hydrogen-bond donors (Lipinski definition) is 3. The first kappa shape index (κ1) is 14.9. The standard InChI is InChI=1S/C14H18N2O3S/c1-9-11(14(18)19)3-2-4-12(9)16-13(17)7-10-8-20-6-5-15-10/h2-4,10,15H,5-8H2,1H3,(H,16,17)(H,18,19). The number of hydrogen-bond acceptors (Lipinski definition) is 4. The van der Waals surface area contributed by atoms with Crippen molar-refractivity contribution in [2.75, 3.05) is 23.4 Å². The van der Waals surface area contributed by atoms with Crippen molar-refractivity contribution in [3.05, 3.63) is 29.3 Å². The van der Waals surface area contributed by atoms with E-state index in [1.54, 1.807) is 19.1 Å². The van der Waals surface area contributed by atoms with Crippen LogP contribution in [0.4, 0.5) is 5.69 Å². The fourth-order valence-electron chi connectivity index (χ4n) is 2.18. The van der Waals surface area contributed by atoms with Crippen LogP contribution in [0.25, 0.3) is 0 Å². The van der Waals surface area contributed by atoms with Crippen molar-refractivity contribution in [3.8, 4) is 0 Å². The fourth-order valence-corrected chi connectivity index (χ4v) is 3.13. The topological polar surface area (TPSA) is 78.4 Å². The number of carbonyl (C=O) groups is 2. The van der Waals surface area contributed by atoms with Gasteiger partial charge < -0.3 is 15.7 Å². The Hall–Kier alpha value is -1.53. The summed E-state index contributed by atoms with van der Waals surface area (Å²) in [6, 6.07) is 5.09. The largest absolute Gasteiger partial charge is 0.478 e. The highest BCUT2D eigenvalue weighted by molar-refractivity contribution is 7.99. The SMILES string of the molecule is Cc1c(NC(=O)CC2CSCCN2)cccc1C(=O)O. The Morgan fingerprint density at radius 2 is 2.30 bits per heavy atom. The summed E-state index contributed by atoms with van der Waals surface area (Å²) < 4.78 is 0. The van der Waals surface area contributed by atoms with Gasteiger partial charge in [0.2, 0.25) is 5.91 Å². The van der Waals surface area contributed by atoms with Crippen molar-refractivity contribution in [2.24, 2.45) is 0 Å². The van der Waals surface area contributed by atoms with Crippen molar-refractivity contribution in [1.29, 1.82) is 0 Å². The third-order valence-electron chi connectivity index (χ3n) is 3.27. The van der Waals surface area contributed by atoms with Crippen molar-refractivity contribution < 1.29 is 14.7 Å². The van der Waals surface area contributed by atoms with Crippen LogP contribution in [0.2, 0.25) is 0 Å². The molecule has 2 rings (SSSR count). The average Bonchev–Trinajstić information content (AvgIpc) is 2.42. The summed E-state index contributed by atoms with van der Waals surface area (Å²) in [4.78, 5) is 23.1. The van der Waals surface area contributed by atoms with Crippen molar-refractivity contribution in [2.45, 2.75) is 19.4 Å².